The van der Waals surface area contributed by atoms with Crippen LogP contribution in [0.25, 0.3) is 0 Å². The van der Waals surface area contributed by atoms with Crippen LogP contribution in [-0.4, -0.2) is 35.4 Å². The topological polar surface area (TPSA) is 50.6 Å². The molecular weight excluding hydrogens is 336 g/mol. The summed E-state index contributed by atoms with van der Waals surface area (Å²) in [6.07, 6.45) is 3.06. The average molecular weight is 359 g/mol. The predicted molar refractivity (Wildman–Crippen MR) is 102 cm³/mol. The largest absolute Gasteiger partial charge is 0.396 e. The standard InChI is InChI=1S/C19H23ClN4O/c1-3-25-23-14(2)18-21-17(20)16(13-15-9-5-4-6-10-15)19(22-18)24-11-7-8-12-24/h4-6,9-10H,3,7-8,11-13H2,1-2H3. The highest BCUT2D eigenvalue weighted by Gasteiger charge is 2.22. The van der Waals surface area contributed by atoms with Gasteiger partial charge in [-0.15, -0.1) is 0 Å². The Morgan fingerprint density at radius 3 is 2.60 bits per heavy atom. The average Bonchev–Trinajstić information content (AvgIpc) is 3.16. The molecule has 0 aliphatic carbocycles. The minimum atomic E-state index is 0.488. The van der Waals surface area contributed by atoms with E-state index in [9.17, 15) is 0 Å². The van der Waals surface area contributed by atoms with Gasteiger partial charge in [-0.2, -0.15) is 0 Å². The fourth-order valence-corrected chi connectivity index (χ4v) is 3.18. The molecular formula is C19H23ClN4O. The van der Waals surface area contributed by atoms with Gasteiger partial charge in [-0.3, -0.25) is 0 Å². The lowest BCUT2D eigenvalue weighted by molar-refractivity contribution is 0.158. The van der Waals surface area contributed by atoms with Crippen LogP contribution in [-0.2, 0) is 11.3 Å². The lowest BCUT2D eigenvalue weighted by atomic mass is 10.1. The van der Waals surface area contributed by atoms with E-state index in [4.69, 9.17) is 21.4 Å². The zero-order valence-electron chi connectivity index (χ0n) is 14.7. The van der Waals surface area contributed by atoms with Crippen molar-refractivity contribution in [2.45, 2.75) is 33.1 Å². The van der Waals surface area contributed by atoms with Gasteiger partial charge in [0.25, 0.3) is 0 Å². The molecule has 0 bridgehead atoms. The van der Waals surface area contributed by atoms with E-state index >= 15 is 0 Å². The van der Waals surface area contributed by atoms with Crippen LogP contribution < -0.4 is 4.90 Å². The molecule has 1 fully saturated rings. The second kappa shape index (κ2) is 8.30. The van der Waals surface area contributed by atoms with Crippen LogP contribution in [0.3, 0.4) is 0 Å². The molecule has 0 N–H and O–H groups in total. The Morgan fingerprint density at radius 2 is 1.92 bits per heavy atom. The summed E-state index contributed by atoms with van der Waals surface area (Å²) in [6, 6.07) is 10.3. The van der Waals surface area contributed by atoms with Gasteiger partial charge in [0, 0.05) is 25.1 Å². The molecule has 5 nitrogen and oxygen atoms in total. The molecule has 6 heteroatoms. The summed E-state index contributed by atoms with van der Waals surface area (Å²) in [6.45, 7) is 6.23. The maximum atomic E-state index is 6.57. The van der Waals surface area contributed by atoms with Crippen molar-refractivity contribution in [3.63, 3.8) is 0 Å². The molecule has 1 aliphatic rings. The maximum Gasteiger partial charge on any atom is 0.180 e. The maximum absolute atomic E-state index is 6.57. The van der Waals surface area contributed by atoms with Crippen LogP contribution in [0.2, 0.25) is 5.15 Å². The summed E-state index contributed by atoms with van der Waals surface area (Å²) in [5, 5.41) is 4.54. The van der Waals surface area contributed by atoms with Gasteiger partial charge in [0.15, 0.2) is 5.82 Å². The third kappa shape index (κ3) is 4.28. The molecule has 25 heavy (non-hydrogen) atoms. The van der Waals surface area contributed by atoms with Crippen molar-refractivity contribution < 1.29 is 4.84 Å². The van der Waals surface area contributed by atoms with Gasteiger partial charge in [-0.1, -0.05) is 47.1 Å². The fourth-order valence-electron chi connectivity index (χ4n) is 2.95. The Hall–Kier alpha value is -2.14. The first-order valence-electron chi connectivity index (χ1n) is 8.71. The molecule has 2 heterocycles. The highest BCUT2D eigenvalue weighted by Crippen LogP contribution is 2.29. The summed E-state index contributed by atoms with van der Waals surface area (Å²) in [5.74, 6) is 1.44. The predicted octanol–water partition coefficient (Wildman–Crippen LogP) is 4.08. The number of halogens is 1. The SMILES string of the molecule is CCON=C(C)c1nc(Cl)c(Cc2ccccc2)c(N2CCCC2)n1. The van der Waals surface area contributed by atoms with Gasteiger partial charge in [-0.05, 0) is 32.3 Å². The van der Waals surface area contributed by atoms with Crippen molar-refractivity contribution in [1.82, 2.24) is 9.97 Å². The highest BCUT2D eigenvalue weighted by molar-refractivity contribution is 6.30. The quantitative estimate of drug-likeness (QED) is 0.443. The van der Waals surface area contributed by atoms with Crippen LogP contribution in [0.1, 0.15) is 43.6 Å². The fraction of sp³-hybridized carbons (Fsp3) is 0.421. The van der Waals surface area contributed by atoms with Crippen LogP contribution in [0.4, 0.5) is 5.82 Å². The van der Waals surface area contributed by atoms with Crippen LogP contribution in [0.5, 0.6) is 0 Å². The molecule has 2 aromatic rings. The summed E-state index contributed by atoms with van der Waals surface area (Å²) in [5.41, 5.74) is 2.80. The van der Waals surface area contributed by atoms with Gasteiger partial charge in [0.05, 0.1) is 0 Å². The van der Waals surface area contributed by atoms with Gasteiger partial charge < -0.3 is 9.74 Å². The first-order chi connectivity index (χ1) is 12.2. The Morgan fingerprint density at radius 1 is 1.20 bits per heavy atom. The van der Waals surface area contributed by atoms with Crippen LogP contribution in [0.15, 0.2) is 35.5 Å². The molecule has 3 rings (SSSR count). The normalized spacial score (nSPS) is 14.8. The Balaban J connectivity index is 2.01. The first-order valence-corrected chi connectivity index (χ1v) is 9.09. The van der Waals surface area contributed by atoms with E-state index in [1.807, 2.05) is 32.0 Å². The van der Waals surface area contributed by atoms with Gasteiger partial charge in [0.2, 0.25) is 0 Å². The van der Waals surface area contributed by atoms with Gasteiger partial charge >= 0.3 is 0 Å². The second-order valence-corrected chi connectivity index (χ2v) is 6.45. The summed E-state index contributed by atoms with van der Waals surface area (Å²) >= 11 is 6.57. The number of benzene rings is 1. The summed E-state index contributed by atoms with van der Waals surface area (Å²) < 4.78 is 0. The molecule has 1 aromatic carbocycles. The number of hydrogen-bond donors (Lipinski definition) is 0. The smallest absolute Gasteiger partial charge is 0.180 e. The van der Waals surface area contributed by atoms with E-state index in [-0.39, 0.29) is 0 Å². The minimum Gasteiger partial charge on any atom is -0.396 e. The monoisotopic (exact) mass is 358 g/mol. The Labute approximate surface area is 153 Å². The molecule has 0 radical (unpaired) electrons. The van der Waals surface area contributed by atoms with Crippen LogP contribution >= 0.6 is 11.6 Å². The third-order valence-corrected chi connectivity index (χ3v) is 4.53. The molecule has 0 atom stereocenters. The highest BCUT2D eigenvalue weighted by atomic mass is 35.5. The van der Waals surface area contributed by atoms with Crippen molar-refractivity contribution in [1.29, 1.82) is 0 Å². The molecule has 0 saturated carbocycles. The third-order valence-electron chi connectivity index (χ3n) is 4.22. The number of hydrogen-bond acceptors (Lipinski definition) is 5. The molecule has 132 valence electrons. The van der Waals surface area contributed by atoms with Crippen molar-refractivity contribution in [2.75, 3.05) is 24.6 Å². The number of aromatic nitrogens is 2. The zero-order chi connectivity index (χ0) is 17.6. The van der Waals surface area contributed by atoms with Gasteiger partial charge in [-0.25, -0.2) is 9.97 Å². The van der Waals surface area contributed by atoms with E-state index in [2.05, 4.69) is 27.2 Å². The number of nitrogens with zero attached hydrogens (tertiary/aromatic N) is 4. The molecule has 0 spiro atoms. The minimum absolute atomic E-state index is 0.488. The number of oxime groups is 1. The molecule has 1 aromatic heterocycles. The molecule has 1 saturated heterocycles. The Bertz CT molecular complexity index is 743. The molecule has 1 aliphatic heterocycles. The summed E-state index contributed by atoms with van der Waals surface area (Å²) in [4.78, 5) is 16.7. The van der Waals surface area contributed by atoms with E-state index in [1.165, 1.54) is 18.4 Å². The van der Waals surface area contributed by atoms with Crippen LogP contribution in [0, 0.1) is 0 Å². The molecule has 0 unspecified atom stereocenters. The second-order valence-electron chi connectivity index (χ2n) is 6.09. The first kappa shape index (κ1) is 17.7. The van der Waals surface area contributed by atoms with E-state index < -0.39 is 0 Å². The zero-order valence-corrected chi connectivity index (χ0v) is 15.5. The van der Waals surface area contributed by atoms with Gasteiger partial charge in [0.1, 0.15) is 23.3 Å². The van der Waals surface area contributed by atoms with Crippen molar-refractivity contribution in [3.8, 4) is 0 Å². The van der Waals surface area contributed by atoms with E-state index in [0.29, 0.717) is 29.7 Å². The lowest BCUT2D eigenvalue weighted by Crippen LogP contribution is -2.23. The van der Waals surface area contributed by atoms with Crippen molar-refractivity contribution >= 4 is 23.1 Å². The van der Waals surface area contributed by atoms with Crippen molar-refractivity contribution in [2.24, 2.45) is 5.16 Å². The Kier molecular flexibility index (Phi) is 5.87. The number of rotatable bonds is 6. The molecule has 0 amide bonds. The van der Waals surface area contributed by atoms with E-state index in [0.717, 1.165) is 24.5 Å². The lowest BCUT2D eigenvalue weighted by Gasteiger charge is -2.21. The summed E-state index contributed by atoms with van der Waals surface area (Å²) in [7, 11) is 0. The van der Waals surface area contributed by atoms with E-state index in [1.54, 1.807) is 0 Å². The van der Waals surface area contributed by atoms with Crippen molar-refractivity contribution in [3.05, 3.63) is 52.4 Å². The number of anilines is 1.